The van der Waals surface area contributed by atoms with Crippen molar-refractivity contribution in [1.29, 1.82) is 0 Å². The van der Waals surface area contributed by atoms with Gasteiger partial charge in [-0.1, -0.05) is 0 Å². The number of nitrogens with zero attached hydrogens (tertiary/aromatic N) is 1. The Bertz CT molecular complexity index is 580. The van der Waals surface area contributed by atoms with Gasteiger partial charge in [-0.2, -0.15) is 0 Å². The molecule has 0 aliphatic rings. The fraction of sp³-hybridized carbons (Fsp3) is 0.154. The van der Waals surface area contributed by atoms with Crippen LogP contribution in [0.1, 0.15) is 11.3 Å². The summed E-state index contributed by atoms with van der Waals surface area (Å²) in [6.07, 6.45) is 0. The number of nitrogen functional groups attached to an aromatic ring is 1. The minimum atomic E-state index is -0.486. The van der Waals surface area contributed by atoms with Gasteiger partial charge in [0.15, 0.2) is 0 Å². The van der Waals surface area contributed by atoms with Crippen LogP contribution < -0.4 is 5.73 Å². The lowest BCUT2D eigenvalue weighted by Gasteiger charge is -2.07. The quantitative estimate of drug-likeness (QED) is 0.822. The average molecular weight is 234 g/mol. The first-order valence-electron chi connectivity index (χ1n) is 5.18. The van der Waals surface area contributed by atoms with E-state index >= 15 is 0 Å². The molecule has 0 amide bonds. The first-order valence-corrected chi connectivity index (χ1v) is 5.18. The summed E-state index contributed by atoms with van der Waals surface area (Å²) in [7, 11) is 0. The van der Waals surface area contributed by atoms with Gasteiger partial charge < -0.3 is 5.73 Å². The number of aromatic nitrogens is 1. The van der Waals surface area contributed by atoms with Crippen LogP contribution in [0.3, 0.4) is 0 Å². The number of nitrogens with two attached hydrogens (primary N) is 1. The lowest BCUT2D eigenvalue weighted by atomic mass is 10.1. The van der Waals surface area contributed by atoms with Gasteiger partial charge in [-0.3, -0.25) is 4.98 Å². The van der Waals surface area contributed by atoms with E-state index < -0.39 is 11.6 Å². The molecule has 0 fully saturated rings. The van der Waals surface area contributed by atoms with E-state index in [4.69, 9.17) is 5.73 Å². The van der Waals surface area contributed by atoms with Crippen molar-refractivity contribution in [1.82, 2.24) is 4.98 Å². The fourth-order valence-electron chi connectivity index (χ4n) is 1.56. The number of halogens is 2. The number of pyridine rings is 1. The Morgan fingerprint density at radius 2 is 1.76 bits per heavy atom. The predicted molar refractivity (Wildman–Crippen MR) is 63.5 cm³/mol. The second-order valence-corrected chi connectivity index (χ2v) is 3.95. The smallest absolute Gasteiger partial charge is 0.133 e. The minimum absolute atomic E-state index is 0.149. The molecule has 0 spiro atoms. The Kier molecular flexibility index (Phi) is 2.79. The van der Waals surface area contributed by atoms with E-state index in [1.165, 1.54) is 6.92 Å². The Morgan fingerprint density at radius 1 is 1.06 bits per heavy atom. The van der Waals surface area contributed by atoms with Gasteiger partial charge in [-0.25, -0.2) is 8.78 Å². The van der Waals surface area contributed by atoms with Crippen LogP contribution in [0.2, 0.25) is 0 Å². The van der Waals surface area contributed by atoms with Gasteiger partial charge in [0.25, 0.3) is 0 Å². The van der Waals surface area contributed by atoms with Crippen LogP contribution in [0.4, 0.5) is 14.5 Å². The maximum absolute atomic E-state index is 13.7. The second kappa shape index (κ2) is 4.13. The van der Waals surface area contributed by atoms with E-state index in [0.717, 1.165) is 12.1 Å². The molecule has 0 unspecified atom stereocenters. The summed E-state index contributed by atoms with van der Waals surface area (Å²) in [6, 6.07) is 5.53. The molecule has 0 radical (unpaired) electrons. The summed E-state index contributed by atoms with van der Waals surface area (Å²) < 4.78 is 27.1. The third kappa shape index (κ3) is 2.11. The first-order chi connectivity index (χ1) is 7.99. The number of benzene rings is 1. The third-order valence-corrected chi connectivity index (χ3v) is 2.65. The summed E-state index contributed by atoms with van der Waals surface area (Å²) in [5, 5.41) is 0. The van der Waals surface area contributed by atoms with Gasteiger partial charge in [0.05, 0.1) is 17.1 Å². The molecule has 0 saturated heterocycles. The van der Waals surface area contributed by atoms with E-state index in [-0.39, 0.29) is 11.1 Å². The Labute approximate surface area is 98.1 Å². The van der Waals surface area contributed by atoms with E-state index in [2.05, 4.69) is 4.98 Å². The van der Waals surface area contributed by atoms with Crippen LogP contribution in [0.15, 0.2) is 24.3 Å². The molecule has 1 heterocycles. The highest BCUT2D eigenvalue weighted by Crippen LogP contribution is 2.25. The lowest BCUT2D eigenvalue weighted by Crippen LogP contribution is -1.97. The summed E-state index contributed by atoms with van der Waals surface area (Å²) in [5.74, 6) is -0.932. The van der Waals surface area contributed by atoms with Crippen molar-refractivity contribution >= 4 is 5.69 Å². The van der Waals surface area contributed by atoms with Gasteiger partial charge in [0.1, 0.15) is 11.6 Å². The van der Waals surface area contributed by atoms with Crippen molar-refractivity contribution in [3.63, 3.8) is 0 Å². The van der Waals surface area contributed by atoms with Crippen molar-refractivity contribution in [2.45, 2.75) is 13.8 Å². The molecule has 4 heteroatoms. The van der Waals surface area contributed by atoms with Gasteiger partial charge in [-0.15, -0.1) is 0 Å². The van der Waals surface area contributed by atoms with Gasteiger partial charge in [-0.05, 0) is 43.7 Å². The molecule has 0 atom stereocenters. The molecule has 0 saturated carbocycles. The Morgan fingerprint density at radius 3 is 2.41 bits per heavy atom. The summed E-state index contributed by atoms with van der Waals surface area (Å²) in [6.45, 7) is 3.24. The van der Waals surface area contributed by atoms with Crippen molar-refractivity contribution in [2.75, 3.05) is 5.73 Å². The van der Waals surface area contributed by atoms with Crippen LogP contribution in [0.25, 0.3) is 11.3 Å². The number of rotatable bonds is 1. The van der Waals surface area contributed by atoms with E-state index in [1.807, 2.05) is 0 Å². The summed E-state index contributed by atoms with van der Waals surface area (Å²) in [4.78, 5) is 4.14. The Hall–Kier alpha value is -1.97. The van der Waals surface area contributed by atoms with Crippen LogP contribution >= 0.6 is 0 Å². The normalized spacial score (nSPS) is 10.6. The van der Waals surface area contributed by atoms with Gasteiger partial charge in [0.2, 0.25) is 0 Å². The Balaban J connectivity index is 2.60. The topological polar surface area (TPSA) is 38.9 Å². The number of anilines is 1. The third-order valence-electron chi connectivity index (χ3n) is 2.65. The van der Waals surface area contributed by atoms with Crippen LogP contribution in [0.5, 0.6) is 0 Å². The zero-order chi connectivity index (χ0) is 12.6. The van der Waals surface area contributed by atoms with Gasteiger partial charge >= 0.3 is 0 Å². The van der Waals surface area contributed by atoms with Crippen LogP contribution in [-0.4, -0.2) is 4.98 Å². The van der Waals surface area contributed by atoms with Crippen molar-refractivity contribution in [3.8, 4) is 11.3 Å². The SMILES string of the molecule is Cc1cc(F)c(-c2ccc(N)c(C)n2)cc1F. The minimum Gasteiger partial charge on any atom is -0.397 e. The average Bonchev–Trinajstić information content (AvgIpc) is 2.27. The number of hydrogen-bond acceptors (Lipinski definition) is 2. The molecule has 2 nitrogen and oxygen atoms in total. The molecule has 1 aromatic heterocycles. The van der Waals surface area contributed by atoms with Crippen molar-refractivity contribution < 1.29 is 8.78 Å². The molecule has 2 rings (SSSR count). The zero-order valence-corrected chi connectivity index (χ0v) is 9.59. The molecule has 0 aliphatic carbocycles. The molecule has 88 valence electrons. The lowest BCUT2D eigenvalue weighted by molar-refractivity contribution is 0.594. The van der Waals surface area contributed by atoms with E-state index in [0.29, 0.717) is 17.1 Å². The largest absolute Gasteiger partial charge is 0.397 e. The van der Waals surface area contributed by atoms with Crippen LogP contribution in [-0.2, 0) is 0 Å². The monoisotopic (exact) mass is 234 g/mol. The van der Waals surface area contributed by atoms with E-state index in [9.17, 15) is 8.78 Å². The molecule has 2 N–H and O–H groups in total. The second-order valence-electron chi connectivity index (χ2n) is 3.95. The maximum atomic E-state index is 13.7. The highest BCUT2D eigenvalue weighted by molar-refractivity contribution is 5.63. The standard InChI is InChI=1S/C13H12F2N2/c1-7-5-11(15)9(6-10(7)14)13-4-3-12(16)8(2)17-13/h3-6H,16H2,1-2H3. The molecular weight excluding hydrogens is 222 g/mol. The highest BCUT2D eigenvalue weighted by Gasteiger charge is 2.11. The van der Waals surface area contributed by atoms with Crippen molar-refractivity contribution in [2.24, 2.45) is 0 Å². The first kappa shape index (κ1) is 11.5. The van der Waals surface area contributed by atoms with E-state index in [1.54, 1.807) is 19.1 Å². The molecule has 2 aromatic rings. The molecule has 17 heavy (non-hydrogen) atoms. The molecule has 0 bridgehead atoms. The number of hydrogen-bond donors (Lipinski definition) is 1. The summed E-state index contributed by atoms with van der Waals surface area (Å²) >= 11 is 0. The van der Waals surface area contributed by atoms with Crippen LogP contribution in [0, 0.1) is 25.5 Å². The predicted octanol–water partition coefficient (Wildman–Crippen LogP) is 3.23. The highest BCUT2D eigenvalue weighted by atomic mass is 19.1. The molecule has 0 aliphatic heterocycles. The van der Waals surface area contributed by atoms with Crippen molar-refractivity contribution in [3.05, 3.63) is 47.2 Å². The zero-order valence-electron chi connectivity index (χ0n) is 9.59. The fourth-order valence-corrected chi connectivity index (χ4v) is 1.56. The summed E-state index contributed by atoms with van der Waals surface area (Å²) in [5.41, 5.74) is 7.57. The molecule has 1 aromatic carbocycles. The van der Waals surface area contributed by atoms with Gasteiger partial charge in [0, 0.05) is 5.56 Å². The maximum Gasteiger partial charge on any atom is 0.133 e. The number of aryl methyl sites for hydroxylation is 2. The molecular formula is C13H12F2N2.